The van der Waals surface area contributed by atoms with Gasteiger partial charge in [0.15, 0.2) is 0 Å². The Labute approximate surface area is 139 Å². The molecule has 0 aliphatic carbocycles. The fourth-order valence-electron chi connectivity index (χ4n) is 2.67. The smallest absolute Gasteiger partial charge is 0.311 e. The molecule has 6 nitrogen and oxygen atoms in total. The normalized spacial score (nSPS) is 20.0. The molecule has 2 heterocycles. The molecule has 1 aromatic heterocycles. The summed E-state index contributed by atoms with van der Waals surface area (Å²) in [6, 6.07) is 12.5. The number of para-hydroxylation sites is 1. The van der Waals surface area contributed by atoms with Crippen molar-refractivity contribution in [3.05, 3.63) is 54.2 Å². The number of nitrogens with zero attached hydrogens (tertiary/aromatic N) is 2. The molecule has 1 saturated heterocycles. The number of aliphatic carboxylic acids is 1. The quantitative estimate of drug-likeness (QED) is 0.934. The van der Waals surface area contributed by atoms with Crippen molar-refractivity contribution < 1.29 is 19.4 Å². The summed E-state index contributed by atoms with van der Waals surface area (Å²) in [4.78, 5) is 29.5. The molecule has 1 aromatic carbocycles. The van der Waals surface area contributed by atoms with Crippen LogP contribution in [0.1, 0.15) is 23.7 Å². The van der Waals surface area contributed by atoms with Gasteiger partial charge in [-0.2, -0.15) is 0 Å². The van der Waals surface area contributed by atoms with Gasteiger partial charge in [-0.05, 0) is 31.5 Å². The van der Waals surface area contributed by atoms with Gasteiger partial charge in [-0.3, -0.25) is 9.59 Å². The Kier molecular flexibility index (Phi) is 4.20. The molecule has 124 valence electrons. The first kappa shape index (κ1) is 16.0. The second-order valence-corrected chi connectivity index (χ2v) is 6.14. The van der Waals surface area contributed by atoms with Gasteiger partial charge in [0, 0.05) is 25.4 Å². The van der Waals surface area contributed by atoms with Crippen molar-refractivity contribution in [3.8, 4) is 11.6 Å². The summed E-state index contributed by atoms with van der Waals surface area (Å²) >= 11 is 0. The number of amides is 1. The molecule has 0 bridgehead atoms. The lowest BCUT2D eigenvalue weighted by molar-refractivity contribution is -0.147. The Bertz CT molecular complexity index is 745. The molecule has 1 aliphatic rings. The van der Waals surface area contributed by atoms with Gasteiger partial charge in [-0.25, -0.2) is 4.98 Å². The van der Waals surface area contributed by atoms with E-state index in [9.17, 15) is 14.7 Å². The summed E-state index contributed by atoms with van der Waals surface area (Å²) in [5.74, 6) is -0.0170. The molecule has 2 aromatic rings. The molecule has 1 fully saturated rings. The van der Waals surface area contributed by atoms with Gasteiger partial charge < -0.3 is 14.7 Å². The van der Waals surface area contributed by atoms with Crippen LogP contribution in [0.2, 0.25) is 0 Å². The highest BCUT2D eigenvalue weighted by Crippen LogP contribution is 2.31. The highest BCUT2D eigenvalue weighted by Gasteiger charge is 2.42. The zero-order valence-corrected chi connectivity index (χ0v) is 13.3. The molecular formula is C18H18N2O4. The van der Waals surface area contributed by atoms with E-state index < -0.39 is 11.4 Å². The van der Waals surface area contributed by atoms with Crippen LogP contribution in [0.5, 0.6) is 11.6 Å². The van der Waals surface area contributed by atoms with E-state index in [0.29, 0.717) is 30.2 Å². The third kappa shape index (κ3) is 3.22. The topological polar surface area (TPSA) is 79.7 Å². The number of carbonyl (C=O) groups is 2. The Balaban J connectivity index is 1.67. The lowest BCUT2D eigenvalue weighted by Gasteiger charge is -2.20. The third-order valence-corrected chi connectivity index (χ3v) is 4.23. The molecule has 0 saturated carbocycles. The molecule has 0 spiro atoms. The summed E-state index contributed by atoms with van der Waals surface area (Å²) in [5, 5.41) is 9.25. The van der Waals surface area contributed by atoms with Crippen LogP contribution in [0.25, 0.3) is 0 Å². The number of carbonyl (C=O) groups excluding carboxylic acids is 1. The summed E-state index contributed by atoms with van der Waals surface area (Å²) < 4.78 is 5.59. The fraction of sp³-hybridized carbons (Fsp3) is 0.278. The largest absolute Gasteiger partial charge is 0.481 e. The monoisotopic (exact) mass is 326 g/mol. The molecule has 3 rings (SSSR count). The Morgan fingerprint density at radius 3 is 2.54 bits per heavy atom. The maximum atomic E-state index is 12.5. The van der Waals surface area contributed by atoms with Crippen molar-refractivity contribution in [3.63, 3.8) is 0 Å². The molecule has 1 unspecified atom stereocenters. The van der Waals surface area contributed by atoms with Gasteiger partial charge in [-0.15, -0.1) is 0 Å². The maximum Gasteiger partial charge on any atom is 0.311 e. The molecule has 1 N–H and O–H groups in total. The number of rotatable bonds is 4. The first-order valence-electron chi connectivity index (χ1n) is 7.70. The van der Waals surface area contributed by atoms with Crippen molar-refractivity contribution in [2.75, 3.05) is 13.1 Å². The second-order valence-electron chi connectivity index (χ2n) is 6.14. The second kappa shape index (κ2) is 6.31. The van der Waals surface area contributed by atoms with Crippen LogP contribution in [-0.2, 0) is 4.79 Å². The van der Waals surface area contributed by atoms with E-state index in [-0.39, 0.29) is 12.5 Å². The zero-order chi connectivity index (χ0) is 17.2. The number of hydrogen-bond donors (Lipinski definition) is 1. The molecule has 1 atom stereocenters. The number of hydrogen-bond acceptors (Lipinski definition) is 4. The molecule has 1 amide bonds. The van der Waals surface area contributed by atoms with Crippen LogP contribution in [0.15, 0.2) is 48.7 Å². The van der Waals surface area contributed by atoms with Crippen molar-refractivity contribution in [1.29, 1.82) is 0 Å². The average molecular weight is 326 g/mol. The summed E-state index contributed by atoms with van der Waals surface area (Å²) in [5.41, 5.74) is -0.454. The minimum absolute atomic E-state index is 0.210. The van der Waals surface area contributed by atoms with Crippen LogP contribution in [-0.4, -0.2) is 40.0 Å². The highest BCUT2D eigenvalue weighted by molar-refractivity contribution is 5.94. The first-order valence-corrected chi connectivity index (χ1v) is 7.70. The molecule has 1 aliphatic heterocycles. The van der Waals surface area contributed by atoms with Gasteiger partial charge in [-0.1, -0.05) is 18.2 Å². The van der Waals surface area contributed by atoms with E-state index in [1.165, 1.54) is 6.20 Å². The SMILES string of the molecule is CC1(C(=O)O)CCN(C(=O)c2ccc(Oc3ccccc3)nc2)C1. The van der Waals surface area contributed by atoms with Crippen molar-refractivity contribution in [2.45, 2.75) is 13.3 Å². The number of benzene rings is 1. The van der Waals surface area contributed by atoms with Crippen molar-refractivity contribution in [2.24, 2.45) is 5.41 Å². The Morgan fingerprint density at radius 2 is 1.96 bits per heavy atom. The Hall–Kier alpha value is -2.89. The van der Waals surface area contributed by atoms with E-state index in [2.05, 4.69) is 4.98 Å². The van der Waals surface area contributed by atoms with Gasteiger partial charge in [0.05, 0.1) is 11.0 Å². The maximum absolute atomic E-state index is 12.5. The summed E-state index contributed by atoms with van der Waals surface area (Å²) in [6.45, 7) is 2.31. The lowest BCUT2D eigenvalue weighted by atomic mass is 9.90. The highest BCUT2D eigenvalue weighted by atomic mass is 16.5. The number of pyridine rings is 1. The van der Waals surface area contributed by atoms with Crippen molar-refractivity contribution >= 4 is 11.9 Å². The van der Waals surface area contributed by atoms with E-state index in [1.807, 2.05) is 30.3 Å². The standard InChI is InChI=1S/C18H18N2O4/c1-18(17(22)23)9-10-20(12-18)16(21)13-7-8-15(19-11-13)24-14-5-3-2-4-6-14/h2-8,11H,9-10,12H2,1H3,(H,22,23). The van der Waals surface area contributed by atoms with Gasteiger partial charge in [0.25, 0.3) is 5.91 Å². The molecular weight excluding hydrogens is 308 g/mol. The van der Waals surface area contributed by atoms with Gasteiger partial charge in [0.2, 0.25) is 5.88 Å². The molecule has 6 heteroatoms. The zero-order valence-electron chi connectivity index (χ0n) is 13.3. The minimum atomic E-state index is -0.876. The predicted molar refractivity (Wildman–Crippen MR) is 87.0 cm³/mol. The van der Waals surface area contributed by atoms with Gasteiger partial charge in [0.1, 0.15) is 5.75 Å². The van der Waals surface area contributed by atoms with Crippen LogP contribution in [0, 0.1) is 5.41 Å². The number of aromatic nitrogens is 1. The Morgan fingerprint density at radius 1 is 1.21 bits per heavy atom. The number of carboxylic acids is 1. The molecule has 24 heavy (non-hydrogen) atoms. The molecule has 0 radical (unpaired) electrons. The van der Waals surface area contributed by atoms with Crippen molar-refractivity contribution in [1.82, 2.24) is 9.88 Å². The van der Waals surface area contributed by atoms with Crippen LogP contribution in [0.4, 0.5) is 0 Å². The number of likely N-dealkylation sites (tertiary alicyclic amines) is 1. The van der Waals surface area contributed by atoms with E-state index >= 15 is 0 Å². The van der Waals surface area contributed by atoms with Crippen LogP contribution < -0.4 is 4.74 Å². The first-order chi connectivity index (χ1) is 11.5. The van der Waals surface area contributed by atoms with E-state index in [0.717, 1.165) is 0 Å². The van der Waals surface area contributed by atoms with Crippen LogP contribution in [0.3, 0.4) is 0 Å². The third-order valence-electron chi connectivity index (χ3n) is 4.23. The fourth-order valence-corrected chi connectivity index (χ4v) is 2.67. The summed E-state index contributed by atoms with van der Waals surface area (Å²) in [7, 11) is 0. The minimum Gasteiger partial charge on any atom is -0.481 e. The van der Waals surface area contributed by atoms with E-state index in [4.69, 9.17) is 4.74 Å². The van der Waals surface area contributed by atoms with E-state index in [1.54, 1.807) is 24.0 Å². The number of ether oxygens (including phenoxy) is 1. The summed E-state index contributed by atoms with van der Waals surface area (Å²) in [6.07, 6.45) is 1.91. The van der Waals surface area contributed by atoms with Gasteiger partial charge >= 0.3 is 5.97 Å². The average Bonchev–Trinajstić information content (AvgIpc) is 3.00. The lowest BCUT2D eigenvalue weighted by Crippen LogP contribution is -2.34. The van der Waals surface area contributed by atoms with Crippen LogP contribution >= 0.6 is 0 Å². The predicted octanol–water partition coefficient (Wildman–Crippen LogP) is 2.81. The number of carboxylic acid groups (broad SMARTS) is 1.